The lowest BCUT2D eigenvalue weighted by Crippen LogP contribution is -2.43. The van der Waals surface area contributed by atoms with Gasteiger partial charge in [0, 0.05) is 30.3 Å². The molecule has 1 saturated heterocycles. The van der Waals surface area contributed by atoms with E-state index in [-0.39, 0.29) is 29.5 Å². The van der Waals surface area contributed by atoms with Crippen LogP contribution in [0.25, 0.3) is 22.2 Å². The molecule has 2 atom stereocenters. The number of hydrogen-bond donors (Lipinski definition) is 1. The average Bonchev–Trinajstić information content (AvgIpc) is 3.54. The fourth-order valence-corrected chi connectivity index (χ4v) is 6.52. The Bertz CT molecular complexity index is 1560. The Balaban J connectivity index is 1.51. The highest BCUT2D eigenvalue weighted by molar-refractivity contribution is 7.85. The van der Waals surface area contributed by atoms with Gasteiger partial charge in [-0.2, -0.15) is 18.8 Å². The molecule has 1 aliphatic heterocycles. The van der Waals surface area contributed by atoms with Crippen LogP contribution in [0.15, 0.2) is 30.5 Å². The summed E-state index contributed by atoms with van der Waals surface area (Å²) in [5, 5.41) is 16.0. The van der Waals surface area contributed by atoms with Crippen LogP contribution in [0.5, 0.6) is 5.75 Å². The van der Waals surface area contributed by atoms with Gasteiger partial charge < -0.3 is 23.2 Å². The molecule has 2 aromatic heterocycles. The number of aromatic nitrogens is 3. The van der Waals surface area contributed by atoms with E-state index in [0.29, 0.717) is 38.7 Å². The summed E-state index contributed by atoms with van der Waals surface area (Å²) < 4.78 is 58.6. The molecule has 0 bridgehead atoms. The summed E-state index contributed by atoms with van der Waals surface area (Å²) >= 11 is 0. The van der Waals surface area contributed by atoms with E-state index in [1.165, 1.54) is 0 Å². The SMILES string of the molecule is CC(CCS(=O)(=O)O)OCCOCCn1cc(-c2nn(C3CCCCO3)c3ccc(O[Si](C)(C)C(C)(C)C)cc23)cc1C#N. The Morgan fingerprint density at radius 2 is 1.98 bits per heavy atom. The van der Waals surface area contributed by atoms with E-state index >= 15 is 0 Å². The van der Waals surface area contributed by atoms with Gasteiger partial charge in [-0.25, -0.2) is 4.68 Å². The molecular formula is C31H46N4O7SSi. The Hall–Kier alpha value is -2.73. The standard InChI is InChI=1S/C31H46N4O7SSi/c1-23(12-18-43(36,37)38)40-17-16-39-15-13-34-22-24(19-25(34)21-32)30-27-20-26(42-44(5,6)31(2,3)4)10-11-28(27)35(33-30)29-9-7-8-14-41-29/h10-11,19-20,22-23,29H,7-9,12-18H2,1-6H3,(H,36,37,38). The topological polar surface area (TPSA) is 138 Å². The molecule has 0 radical (unpaired) electrons. The van der Waals surface area contributed by atoms with E-state index in [1.807, 2.05) is 27.6 Å². The summed E-state index contributed by atoms with van der Waals surface area (Å²) in [6.45, 7) is 15.0. The minimum atomic E-state index is -4.00. The van der Waals surface area contributed by atoms with E-state index < -0.39 is 18.4 Å². The van der Waals surface area contributed by atoms with Crippen LogP contribution < -0.4 is 4.43 Å². The number of ether oxygens (including phenoxy) is 3. The summed E-state index contributed by atoms with van der Waals surface area (Å²) in [5.74, 6) is 0.478. The first-order valence-corrected chi connectivity index (χ1v) is 19.8. The van der Waals surface area contributed by atoms with Crippen molar-refractivity contribution in [3.05, 3.63) is 36.2 Å². The molecule has 44 heavy (non-hydrogen) atoms. The predicted octanol–water partition coefficient (Wildman–Crippen LogP) is 6.16. The number of rotatable bonds is 14. The van der Waals surface area contributed by atoms with Crippen molar-refractivity contribution < 1.29 is 31.6 Å². The van der Waals surface area contributed by atoms with Crippen LogP contribution in [0.2, 0.25) is 18.1 Å². The van der Waals surface area contributed by atoms with Crippen molar-refractivity contribution in [3.63, 3.8) is 0 Å². The van der Waals surface area contributed by atoms with Gasteiger partial charge in [0.25, 0.3) is 10.1 Å². The maximum atomic E-state index is 10.9. The Morgan fingerprint density at radius 3 is 2.64 bits per heavy atom. The van der Waals surface area contributed by atoms with Crippen molar-refractivity contribution in [2.24, 2.45) is 0 Å². The fraction of sp³-hybridized carbons (Fsp3) is 0.613. The fourth-order valence-electron chi connectivity index (χ4n) is 4.87. The van der Waals surface area contributed by atoms with Crippen molar-refractivity contribution >= 4 is 29.3 Å². The molecule has 2 unspecified atom stereocenters. The van der Waals surface area contributed by atoms with Gasteiger partial charge >= 0.3 is 0 Å². The molecule has 3 aromatic rings. The summed E-state index contributed by atoms with van der Waals surface area (Å²) in [7, 11) is -6.07. The largest absolute Gasteiger partial charge is 0.543 e. The van der Waals surface area contributed by atoms with Crippen LogP contribution in [0, 0.1) is 11.3 Å². The number of hydrogen-bond acceptors (Lipinski definition) is 8. The van der Waals surface area contributed by atoms with Gasteiger partial charge in [-0.15, -0.1) is 0 Å². The van der Waals surface area contributed by atoms with Crippen LogP contribution in [-0.4, -0.2) is 73.9 Å². The smallest absolute Gasteiger partial charge is 0.264 e. The summed E-state index contributed by atoms with van der Waals surface area (Å²) in [5.41, 5.74) is 3.08. The Labute approximate surface area is 261 Å². The maximum Gasteiger partial charge on any atom is 0.264 e. The zero-order valence-corrected chi connectivity index (χ0v) is 28.5. The zero-order chi connectivity index (χ0) is 32.1. The number of nitrogens with zero attached hydrogens (tertiary/aromatic N) is 4. The molecule has 0 aliphatic carbocycles. The van der Waals surface area contributed by atoms with Crippen molar-refractivity contribution in [2.75, 3.05) is 32.2 Å². The van der Waals surface area contributed by atoms with Gasteiger partial charge in [0.1, 0.15) is 23.2 Å². The molecule has 4 rings (SSSR count). The monoisotopic (exact) mass is 646 g/mol. The summed E-state index contributed by atoms with van der Waals surface area (Å²) in [6.07, 6.45) is 4.70. The molecule has 0 spiro atoms. The van der Waals surface area contributed by atoms with Crippen molar-refractivity contribution in [1.82, 2.24) is 14.3 Å². The molecule has 0 amide bonds. The predicted molar refractivity (Wildman–Crippen MR) is 172 cm³/mol. The second-order valence-corrected chi connectivity index (χ2v) is 19.2. The van der Waals surface area contributed by atoms with Gasteiger partial charge in [-0.3, -0.25) is 4.55 Å². The molecule has 1 aromatic carbocycles. The normalized spacial score (nSPS) is 17.1. The van der Waals surface area contributed by atoms with Crippen molar-refractivity contribution in [1.29, 1.82) is 5.26 Å². The van der Waals surface area contributed by atoms with Crippen molar-refractivity contribution in [3.8, 4) is 23.1 Å². The molecule has 0 saturated carbocycles. The van der Waals surface area contributed by atoms with Gasteiger partial charge in [0.2, 0.25) is 8.32 Å². The number of nitriles is 1. The highest BCUT2D eigenvalue weighted by Gasteiger charge is 2.39. The molecule has 1 aliphatic rings. The first kappa shape index (κ1) is 34.1. The van der Waals surface area contributed by atoms with Crippen LogP contribution in [0.4, 0.5) is 0 Å². The van der Waals surface area contributed by atoms with Gasteiger partial charge in [0.15, 0.2) is 6.23 Å². The third-order valence-electron chi connectivity index (χ3n) is 8.46. The minimum Gasteiger partial charge on any atom is -0.543 e. The summed E-state index contributed by atoms with van der Waals surface area (Å²) in [4.78, 5) is 0. The second kappa shape index (κ2) is 14.1. The molecule has 1 fully saturated rings. The van der Waals surface area contributed by atoms with E-state index in [4.69, 9.17) is 28.3 Å². The summed E-state index contributed by atoms with van der Waals surface area (Å²) in [6, 6.07) is 10.3. The van der Waals surface area contributed by atoms with Gasteiger partial charge in [-0.1, -0.05) is 20.8 Å². The van der Waals surface area contributed by atoms with E-state index in [0.717, 1.165) is 47.2 Å². The van der Waals surface area contributed by atoms with Gasteiger partial charge in [-0.05, 0) is 75.0 Å². The molecule has 1 N–H and O–H groups in total. The molecule has 11 nitrogen and oxygen atoms in total. The van der Waals surface area contributed by atoms with E-state index in [2.05, 4.69) is 52.1 Å². The molecule has 242 valence electrons. The van der Waals surface area contributed by atoms with Crippen LogP contribution in [-0.2, 0) is 30.9 Å². The minimum absolute atomic E-state index is 0.0549. The first-order chi connectivity index (χ1) is 20.7. The second-order valence-electron chi connectivity index (χ2n) is 12.9. The lowest BCUT2D eigenvalue weighted by atomic mass is 10.1. The lowest BCUT2D eigenvalue weighted by molar-refractivity contribution is -0.0365. The first-order valence-electron chi connectivity index (χ1n) is 15.3. The van der Waals surface area contributed by atoms with Crippen LogP contribution >= 0.6 is 0 Å². The number of fused-ring (bicyclic) bond motifs is 1. The van der Waals surface area contributed by atoms with E-state index in [9.17, 15) is 13.7 Å². The highest BCUT2D eigenvalue weighted by atomic mass is 32.2. The molecule has 13 heteroatoms. The maximum absolute atomic E-state index is 10.9. The quantitative estimate of drug-likeness (QED) is 0.124. The van der Waals surface area contributed by atoms with E-state index in [1.54, 1.807) is 6.92 Å². The Morgan fingerprint density at radius 1 is 1.20 bits per heavy atom. The van der Waals surface area contributed by atoms with Gasteiger partial charge in [0.05, 0.1) is 37.2 Å². The molecular weight excluding hydrogens is 601 g/mol. The lowest BCUT2D eigenvalue weighted by Gasteiger charge is -2.36. The van der Waals surface area contributed by atoms with Crippen LogP contribution in [0.3, 0.4) is 0 Å². The average molecular weight is 647 g/mol. The third kappa shape index (κ3) is 8.71. The van der Waals surface area contributed by atoms with Crippen LogP contribution in [0.1, 0.15) is 65.3 Å². The molecule has 3 heterocycles. The number of benzene rings is 1. The van der Waals surface area contributed by atoms with Crippen molar-refractivity contribution in [2.45, 2.75) is 90.4 Å². The zero-order valence-electron chi connectivity index (χ0n) is 26.7. The Kier molecular flexibility index (Phi) is 11.0. The highest BCUT2D eigenvalue weighted by Crippen LogP contribution is 2.40. The third-order valence-corrected chi connectivity index (χ3v) is 13.6.